The average molecular weight is 131 g/mol. The maximum Gasteiger partial charge on any atom is 0.310 e. The molecule has 4 nitrogen and oxygen atoms in total. The van der Waals surface area contributed by atoms with Gasteiger partial charge in [0.05, 0.1) is 5.92 Å². The van der Waals surface area contributed by atoms with E-state index in [4.69, 9.17) is 10.2 Å². The summed E-state index contributed by atoms with van der Waals surface area (Å²) in [5.41, 5.74) is 0. The molecule has 1 saturated heterocycles. The van der Waals surface area contributed by atoms with Gasteiger partial charge in [0.2, 0.25) is 0 Å². The zero-order valence-corrected chi connectivity index (χ0v) is 4.87. The number of hydrogen-bond acceptors (Lipinski definition) is 3. The summed E-state index contributed by atoms with van der Waals surface area (Å²) in [5, 5.41) is 19.9. The Balaban J connectivity index is 2.49. The van der Waals surface area contributed by atoms with Crippen molar-refractivity contribution in [1.29, 1.82) is 0 Å². The molecule has 2 unspecified atom stereocenters. The molecule has 9 heavy (non-hydrogen) atoms. The monoisotopic (exact) mass is 131 g/mol. The van der Waals surface area contributed by atoms with E-state index < -0.39 is 18.1 Å². The van der Waals surface area contributed by atoms with Crippen molar-refractivity contribution in [3.8, 4) is 0 Å². The SMILES string of the molecule is O=C(O)C1CCNC1O. The molecule has 2 atom stereocenters. The van der Waals surface area contributed by atoms with Crippen LogP contribution >= 0.6 is 0 Å². The van der Waals surface area contributed by atoms with Crippen molar-refractivity contribution in [3.05, 3.63) is 0 Å². The van der Waals surface area contributed by atoms with Crippen molar-refractivity contribution in [2.75, 3.05) is 6.54 Å². The van der Waals surface area contributed by atoms with E-state index >= 15 is 0 Å². The Morgan fingerprint density at radius 2 is 2.33 bits per heavy atom. The van der Waals surface area contributed by atoms with Gasteiger partial charge in [0.1, 0.15) is 6.23 Å². The number of carbonyl (C=O) groups is 1. The first-order valence-corrected chi connectivity index (χ1v) is 2.86. The van der Waals surface area contributed by atoms with Crippen LogP contribution in [0.15, 0.2) is 0 Å². The minimum Gasteiger partial charge on any atom is -0.481 e. The lowest BCUT2D eigenvalue weighted by atomic mass is 10.1. The van der Waals surface area contributed by atoms with E-state index in [0.717, 1.165) is 0 Å². The molecule has 0 aromatic rings. The van der Waals surface area contributed by atoms with Crippen LogP contribution in [0, 0.1) is 5.92 Å². The van der Waals surface area contributed by atoms with Gasteiger partial charge in [-0.2, -0.15) is 0 Å². The fourth-order valence-electron chi connectivity index (χ4n) is 0.945. The molecular formula is C5H9NO3. The Kier molecular flexibility index (Phi) is 1.68. The highest BCUT2D eigenvalue weighted by Gasteiger charge is 2.30. The van der Waals surface area contributed by atoms with E-state index in [2.05, 4.69) is 5.32 Å². The summed E-state index contributed by atoms with van der Waals surface area (Å²) in [4.78, 5) is 10.2. The van der Waals surface area contributed by atoms with E-state index in [1.807, 2.05) is 0 Å². The molecule has 0 aliphatic carbocycles. The van der Waals surface area contributed by atoms with Gasteiger partial charge in [0.25, 0.3) is 0 Å². The van der Waals surface area contributed by atoms with E-state index in [-0.39, 0.29) is 0 Å². The zero-order chi connectivity index (χ0) is 6.85. The lowest BCUT2D eigenvalue weighted by molar-refractivity contribution is -0.144. The largest absolute Gasteiger partial charge is 0.481 e. The van der Waals surface area contributed by atoms with Crippen LogP contribution in [0.25, 0.3) is 0 Å². The Hall–Kier alpha value is -0.610. The Bertz CT molecular complexity index is 125. The smallest absolute Gasteiger partial charge is 0.310 e. The van der Waals surface area contributed by atoms with Gasteiger partial charge in [-0.05, 0) is 13.0 Å². The summed E-state index contributed by atoms with van der Waals surface area (Å²) in [5.74, 6) is -1.53. The molecule has 1 fully saturated rings. The van der Waals surface area contributed by atoms with Crippen LogP contribution in [0.5, 0.6) is 0 Å². The normalized spacial score (nSPS) is 34.8. The second-order valence-electron chi connectivity index (χ2n) is 2.13. The maximum atomic E-state index is 10.2. The third-order valence-electron chi connectivity index (χ3n) is 1.51. The van der Waals surface area contributed by atoms with Crippen LogP contribution in [-0.4, -0.2) is 29.0 Å². The fraction of sp³-hybridized carbons (Fsp3) is 0.800. The van der Waals surface area contributed by atoms with Gasteiger partial charge >= 0.3 is 5.97 Å². The van der Waals surface area contributed by atoms with E-state index in [1.54, 1.807) is 0 Å². The molecular weight excluding hydrogens is 122 g/mol. The third kappa shape index (κ3) is 1.20. The van der Waals surface area contributed by atoms with Crippen LogP contribution in [0.3, 0.4) is 0 Å². The van der Waals surface area contributed by atoms with Crippen molar-refractivity contribution in [2.24, 2.45) is 5.92 Å². The number of hydrogen-bond donors (Lipinski definition) is 3. The van der Waals surface area contributed by atoms with E-state index in [9.17, 15) is 4.79 Å². The van der Waals surface area contributed by atoms with Crippen molar-refractivity contribution in [3.63, 3.8) is 0 Å². The number of nitrogens with one attached hydrogen (secondary N) is 1. The van der Waals surface area contributed by atoms with Crippen LogP contribution in [0.1, 0.15) is 6.42 Å². The van der Waals surface area contributed by atoms with Crippen molar-refractivity contribution in [2.45, 2.75) is 12.6 Å². The average Bonchev–Trinajstić information content (AvgIpc) is 2.13. The van der Waals surface area contributed by atoms with Crippen molar-refractivity contribution < 1.29 is 15.0 Å². The Morgan fingerprint density at radius 3 is 2.56 bits per heavy atom. The lowest BCUT2D eigenvalue weighted by Gasteiger charge is -2.06. The number of aliphatic carboxylic acids is 1. The van der Waals surface area contributed by atoms with Gasteiger partial charge in [0, 0.05) is 0 Å². The molecule has 0 radical (unpaired) electrons. The molecule has 1 aliphatic heterocycles. The van der Waals surface area contributed by atoms with Gasteiger partial charge in [-0.25, -0.2) is 0 Å². The molecule has 0 saturated carbocycles. The fourth-order valence-corrected chi connectivity index (χ4v) is 0.945. The van der Waals surface area contributed by atoms with Crippen LogP contribution in [0.4, 0.5) is 0 Å². The minimum absolute atomic E-state index is 0.524. The molecule has 1 heterocycles. The third-order valence-corrected chi connectivity index (χ3v) is 1.51. The first-order chi connectivity index (χ1) is 4.22. The first-order valence-electron chi connectivity index (χ1n) is 2.86. The molecule has 0 aromatic carbocycles. The summed E-state index contributed by atoms with van der Waals surface area (Å²) in [6, 6.07) is 0. The predicted molar refractivity (Wildman–Crippen MR) is 29.8 cm³/mol. The minimum atomic E-state index is -0.924. The van der Waals surface area contributed by atoms with Gasteiger partial charge in [0.15, 0.2) is 0 Å². The highest BCUT2D eigenvalue weighted by molar-refractivity contribution is 5.70. The molecule has 4 heteroatoms. The highest BCUT2D eigenvalue weighted by atomic mass is 16.4. The summed E-state index contributed by atoms with van der Waals surface area (Å²) in [6.45, 7) is 0.595. The number of carboxylic acids is 1. The molecule has 52 valence electrons. The molecule has 1 rings (SSSR count). The molecule has 0 spiro atoms. The molecule has 1 aliphatic rings. The van der Waals surface area contributed by atoms with Crippen LogP contribution in [-0.2, 0) is 4.79 Å². The van der Waals surface area contributed by atoms with E-state index in [1.165, 1.54) is 0 Å². The predicted octanol–water partition coefficient (Wildman–Crippen LogP) is -1.00. The van der Waals surface area contributed by atoms with Crippen LogP contribution < -0.4 is 5.32 Å². The Labute approximate surface area is 52.5 Å². The van der Waals surface area contributed by atoms with E-state index in [0.29, 0.717) is 13.0 Å². The van der Waals surface area contributed by atoms with Gasteiger partial charge in [-0.3, -0.25) is 10.1 Å². The second kappa shape index (κ2) is 2.33. The van der Waals surface area contributed by atoms with Crippen LogP contribution in [0.2, 0.25) is 0 Å². The number of carboxylic acid groups (broad SMARTS) is 1. The maximum absolute atomic E-state index is 10.2. The van der Waals surface area contributed by atoms with Gasteiger partial charge in [-0.15, -0.1) is 0 Å². The topological polar surface area (TPSA) is 69.6 Å². The molecule has 3 N–H and O–H groups in total. The molecule has 0 aromatic heterocycles. The number of rotatable bonds is 1. The first kappa shape index (κ1) is 6.51. The molecule has 0 bridgehead atoms. The summed E-state index contributed by atoms with van der Waals surface area (Å²) < 4.78 is 0. The van der Waals surface area contributed by atoms with Crippen molar-refractivity contribution in [1.82, 2.24) is 5.32 Å². The quantitative estimate of drug-likeness (QED) is 0.427. The zero-order valence-electron chi connectivity index (χ0n) is 4.87. The summed E-state index contributed by atoms with van der Waals surface area (Å²) >= 11 is 0. The van der Waals surface area contributed by atoms with Crippen molar-refractivity contribution >= 4 is 5.97 Å². The standard InChI is InChI=1S/C5H9NO3/c7-4-3(5(8)9)1-2-6-4/h3-4,6-7H,1-2H2,(H,8,9). The Morgan fingerprint density at radius 1 is 1.67 bits per heavy atom. The van der Waals surface area contributed by atoms with Gasteiger partial charge in [-0.1, -0.05) is 0 Å². The lowest BCUT2D eigenvalue weighted by Crippen LogP contribution is -2.30. The molecule has 0 amide bonds. The highest BCUT2D eigenvalue weighted by Crippen LogP contribution is 2.12. The number of aliphatic hydroxyl groups excluding tert-OH is 1. The summed E-state index contributed by atoms with van der Waals surface area (Å²) in [6.07, 6.45) is -0.321. The second-order valence-corrected chi connectivity index (χ2v) is 2.13. The summed E-state index contributed by atoms with van der Waals surface area (Å²) in [7, 11) is 0. The number of aliphatic hydroxyl groups is 1. The van der Waals surface area contributed by atoms with Gasteiger partial charge < -0.3 is 10.2 Å².